The van der Waals surface area contributed by atoms with Crippen molar-refractivity contribution >= 4 is 23.8 Å². The highest BCUT2D eigenvalue weighted by Crippen LogP contribution is 2.21. The van der Waals surface area contributed by atoms with Gasteiger partial charge >= 0.3 is 11.9 Å². The number of aliphatic hydroxyl groups is 1. The van der Waals surface area contributed by atoms with Crippen molar-refractivity contribution < 1.29 is 38.9 Å². The summed E-state index contributed by atoms with van der Waals surface area (Å²) in [5.41, 5.74) is 0.715. The molecular formula is C28H34N2O8. The fraction of sp³-hybridized carbons (Fsp3) is 0.429. The van der Waals surface area contributed by atoms with Crippen LogP contribution < -0.4 is 10.6 Å². The molecule has 38 heavy (non-hydrogen) atoms. The summed E-state index contributed by atoms with van der Waals surface area (Å²) >= 11 is 0. The molecule has 10 nitrogen and oxygen atoms in total. The van der Waals surface area contributed by atoms with Gasteiger partial charge in [-0.15, -0.1) is 0 Å². The molecular weight excluding hydrogens is 492 g/mol. The summed E-state index contributed by atoms with van der Waals surface area (Å²) in [5.74, 6) is -5.05. The molecule has 10 heteroatoms. The van der Waals surface area contributed by atoms with E-state index in [0.29, 0.717) is 0 Å². The molecule has 0 spiro atoms. The Bertz CT molecular complexity index is 1150. The summed E-state index contributed by atoms with van der Waals surface area (Å²) in [6, 6.07) is 12.5. The lowest BCUT2D eigenvalue weighted by molar-refractivity contribution is -0.180. The van der Waals surface area contributed by atoms with Crippen molar-refractivity contribution in [3.05, 3.63) is 65.7 Å². The minimum atomic E-state index is -1.39. The second kappa shape index (κ2) is 12.6. The van der Waals surface area contributed by atoms with E-state index in [-0.39, 0.29) is 17.7 Å². The van der Waals surface area contributed by atoms with Crippen LogP contribution in [0.5, 0.6) is 5.75 Å². The van der Waals surface area contributed by atoms with Gasteiger partial charge in [0.25, 0.3) is 5.91 Å². The summed E-state index contributed by atoms with van der Waals surface area (Å²) in [5, 5.41) is 26.5. The number of para-hydroxylation sites is 1. The highest BCUT2D eigenvalue weighted by molar-refractivity contribution is 5.99. The Kier molecular flexibility index (Phi) is 9.46. The average molecular weight is 527 g/mol. The molecule has 1 fully saturated rings. The number of aromatic hydroxyl groups is 1. The number of rotatable bonds is 5. The number of esters is 2. The molecule has 0 aliphatic carbocycles. The molecule has 204 valence electrons. The van der Waals surface area contributed by atoms with E-state index in [1.54, 1.807) is 38.1 Å². The highest BCUT2D eigenvalue weighted by Gasteiger charge is 2.40. The summed E-state index contributed by atoms with van der Waals surface area (Å²) < 4.78 is 10.9. The number of aliphatic hydroxyl groups excluding tert-OH is 1. The van der Waals surface area contributed by atoms with Crippen molar-refractivity contribution in [2.75, 3.05) is 0 Å². The van der Waals surface area contributed by atoms with Crippen molar-refractivity contribution in [1.29, 1.82) is 0 Å². The lowest BCUT2D eigenvalue weighted by Gasteiger charge is -2.33. The molecule has 1 aliphatic heterocycles. The third-order valence-corrected chi connectivity index (χ3v) is 6.49. The van der Waals surface area contributed by atoms with Crippen LogP contribution in [0.1, 0.15) is 43.6 Å². The second-order valence-electron chi connectivity index (χ2n) is 9.80. The van der Waals surface area contributed by atoms with Gasteiger partial charge in [0.2, 0.25) is 12.0 Å². The first-order valence-electron chi connectivity index (χ1n) is 12.5. The van der Waals surface area contributed by atoms with Crippen LogP contribution in [0.15, 0.2) is 54.6 Å². The molecule has 1 unspecified atom stereocenters. The van der Waals surface area contributed by atoms with E-state index in [9.17, 15) is 29.4 Å². The molecule has 2 amide bonds. The van der Waals surface area contributed by atoms with E-state index < -0.39 is 66.0 Å². The van der Waals surface area contributed by atoms with Gasteiger partial charge in [-0.25, -0.2) is 4.79 Å². The van der Waals surface area contributed by atoms with Gasteiger partial charge in [-0.2, -0.15) is 0 Å². The number of cyclic esters (lactones) is 2. The molecule has 1 aliphatic rings. The Morgan fingerprint density at radius 1 is 0.974 bits per heavy atom. The Labute approximate surface area is 221 Å². The molecule has 1 saturated heterocycles. The number of carbonyl (C=O) groups excluding carboxylic acids is 4. The Balaban J connectivity index is 1.99. The summed E-state index contributed by atoms with van der Waals surface area (Å²) in [7, 11) is 0. The number of phenols is 1. The lowest BCUT2D eigenvalue weighted by atomic mass is 9.92. The van der Waals surface area contributed by atoms with Crippen LogP contribution in [0, 0.1) is 11.8 Å². The van der Waals surface area contributed by atoms with Gasteiger partial charge in [-0.05, 0) is 38.0 Å². The van der Waals surface area contributed by atoms with E-state index in [0.717, 1.165) is 5.56 Å². The van der Waals surface area contributed by atoms with Crippen molar-refractivity contribution in [1.82, 2.24) is 10.6 Å². The molecule has 0 aromatic heterocycles. The van der Waals surface area contributed by atoms with Crippen LogP contribution >= 0.6 is 0 Å². The molecule has 2 aromatic rings. The molecule has 0 saturated carbocycles. The smallest absolute Gasteiger partial charge is 0.348 e. The van der Waals surface area contributed by atoms with Gasteiger partial charge in [0.05, 0.1) is 23.6 Å². The quantitative estimate of drug-likeness (QED) is 0.430. The second-order valence-corrected chi connectivity index (χ2v) is 9.80. The van der Waals surface area contributed by atoms with Crippen molar-refractivity contribution in [3.63, 3.8) is 0 Å². The van der Waals surface area contributed by atoms with Gasteiger partial charge in [0.1, 0.15) is 17.9 Å². The van der Waals surface area contributed by atoms with E-state index in [1.807, 2.05) is 18.2 Å². The Morgan fingerprint density at radius 3 is 2.24 bits per heavy atom. The Hall–Kier alpha value is -3.92. The predicted molar refractivity (Wildman–Crippen MR) is 137 cm³/mol. The van der Waals surface area contributed by atoms with Crippen molar-refractivity contribution in [3.8, 4) is 5.75 Å². The van der Waals surface area contributed by atoms with Gasteiger partial charge in [-0.3, -0.25) is 14.4 Å². The average Bonchev–Trinajstić information content (AvgIpc) is 2.88. The van der Waals surface area contributed by atoms with Crippen LogP contribution in [0.4, 0.5) is 0 Å². The first kappa shape index (κ1) is 28.6. The number of benzene rings is 2. The van der Waals surface area contributed by atoms with Gasteiger partial charge < -0.3 is 30.3 Å². The number of ether oxygens (including phenoxy) is 2. The zero-order valence-electron chi connectivity index (χ0n) is 21.8. The number of amides is 2. The number of carbonyl (C=O) groups is 4. The maximum absolute atomic E-state index is 13.5. The standard InChI is InChI=1S/C28H34N2O8/c1-15(2)24-28(36)37-17(4)22(30-25(33)19-12-8-9-13-21(19)31)26(34)29-20(14-18-10-6-5-7-11-18)23(32)16(3)27(35)38-24/h5-13,15-17,20,22-24,31-32H,14H2,1-4H3,(H,29,34)(H,30,33)/t16-,17-,20+,22+,23+,24?/m1/s1. The van der Waals surface area contributed by atoms with E-state index in [2.05, 4.69) is 10.6 Å². The third kappa shape index (κ3) is 6.89. The zero-order chi connectivity index (χ0) is 28.0. The maximum Gasteiger partial charge on any atom is 0.348 e. The molecule has 3 rings (SSSR count). The predicted octanol–water partition coefficient (Wildman–Crippen LogP) is 1.73. The lowest BCUT2D eigenvalue weighted by Crippen LogP contribution is -2.59. The summed E-state index contributed by atoms with van der Waals surface area (Å²) in [6.45, 7) is 6.20. The molecule has 0 bridgehead atoms. The molecule has 2 aromatic carbocycles. The largest absolute Gasteiger partial charge is 0.507 e. The number of nitrogens with one attached hydrogen (secondary N) is 2. The van der Waals surface area contributed by atoms with Crippen LogP contribution in [0.25, 0.3) is 0 Å². The van der Waals surface area contributed by atoms with E-state index in [4.69, 9.17) is 9.47 Å². The van der Waals surface area contributed by atoms with Crippen LogP contribution in [0.2, 0.25) is 0 Å². The van der Waals surface area contributed by atoms with Crippen LogP contribution in [0.3, 0.4) is 0 Å². The maximum atomic E-state index is 13.5. The van der Waals surface area contributed by atoms with Crippen molar-refractivity contribution in [2.45, 2.75) is 64.5 Å². The topological polar surface area (TPSA) is 151 Å². The van der Waals surface area contributed by atoms with E-state index >= 15 is 0 Å². The zero-order valence-corrected chi connectivity index (χ0v) is 21.8. The third-order valence-electron chi connectivity index (χ3n) is 6.49. The van der Waals surface area contributed by atoms with Crippen LogP contribution in [-0.2, 0) is 30.3 Å². The summed E-state index contributed by atoms with van der Waals surface area (Å²) in [4.78, 5) is 52.3. The van der Waals surface area contributed by atoms with Gasteiger partial charge in [-0.1, -0.05) is 56.3 Å². The minimum Gasteiger partial charge on any atom is -0.507 e. The Morgan fingerprint density at radius 2 is 1.61 bits per heavy atom. The SMILES string of the molecule is CC(C)C1OC(=O)[C@H](C)[C@H](O)[C@H](Cc2ccccc2)NC(=O)[C@@H](NC(=O)c2ccccc2O)[C@@H](C)OC1=O. The monoisotopic (exact) mass is 526 g/mol. The number of phenolic OH excluding ortho intramolecular Hbond substituents is 1. The van der Waals surface area contributed by atoms with Crippen LogP contribution in [-0.4, -0.2) is 64.4 Å². The fourth-order valence-electron chi connectivity index (χ4n) is 4.17. The molecule has 0 radical (unpaired) electrons. The number of hydrogen-bond donors (Lipinski definition) is 4. The number of hydrogen-bond acceptors (Lipinski definition) is 8. The minimum absolute atomic E-state index is 0.0755. The van der Waals surface area contributed by atoms with Crippen molar-refractivity contribution in [2.24, 2.45) is 11.8 Å². The summed E-state index contributed by atoms with van der Waals surface area (Å²) in [6.07, 6.45) is -3.68. The first-order valence-corrected chi connectivity index (χ1v) is 12.5. The van der Waals surface area contributed by atoms with Gasteiger partial charge in [0.15, 0.2) is 0 Å². The first-order chi connectivity index (χ1) is 18.0. The molecule has 1 heterocycles. The van der Waals surface area contributed by atoms with E-state index in [1.165, 1.54) is 26.0 Å². The molecule has 4 N–H and O–H groups in total. The normalized spacial score (nSPS) is 26.8. The fourth-order valence-corrected chi connectivity index (χ4v) is 4.17. The molecule has 6 atom stereocenters. The highest BCUT2D eigenvalue weighted by atomic mass is 16.6. The van der Waals surface area contributed by atoms with Gasteiger partial charge in [0, 0.05) is 5.92 Å².